The van der Waals surface area contributed by atoms with Crippen molar-refractivity contribution in [2.75, 3.05) is 26.4 Å². The Morgan fingerprint density at radius 2 is 1.70 bits per heavy atom. The molecule has 0 aliphatic rings. The van der Waals surface area contributed by atoms with E-state index in [4.69, 9.17) is 4.74 Å². The molecule has 0 fully saturated rings. The first kappa shape index (κ1) is 17.6. The number of ether oxygens (including phenoxy) is 1. The number of benzene rings is 1. The first-order valence-corrected chi connectivity index (χ1v) is 7.89. The average molecular weight is 345 g/mol. The molecule has 0 aromatic heterocycles. The molecule has 0 heterocycles. The Bertz CT molecular complexity index is 372. The van der Waals surface area contributed by atoms with Gasteiger partial charge in [0, 0.05) is 23.1 Å². The second kappa shape index (κ2) is 8.78. The smallest absolute Gasteiger partial charge is 0.0550 e. The van der Waals surface area contributed by atoms with Crippen LogP contribution in [0.25, 0.3) is 0 Å². The zero-order valence-corrected chi connectivity index (χ0v) is 13.9. The van der Waals surface area contributed by atoms with Gasteiger partial charge in [-0.05, 0) is 36.5 Å². The van der Waals surface area contributed by atoms with E-state index in [0.717, 1.165) is 23.1 Å². The van der Waals surface area contributed by atoms with E-state index in [1.807, 2.05) is 24.3 Å². The molecule has 0 unspecified atom stereocenters. The van der Waals surface area contributed by atoms with Crippen LogP contribution in [0.4, 0.5) is 0 Å². The van der Waals surface area contributed by atoms with Crippen molar-refractivity contribution in [2.45, 2.75) is 32.1 Å². The molecule has 0 aliphatic heterocycles. The topological polar surface area (TPSA) is 49.7 Å². The zero-order valence-electron chi connectivity index (χ0n) is 12.3. The fourth-order valence-electron chi connectivity index (χ4n) is 2.03. The molecule has 0 atom stereocenters. The first-order chi connectivity index (χ1) is 9.54. The minimum absolute atomic E-state index is 0.0846. The van der Waals surface area contributed by atoms with Crippen molar-refractivity contribution in [1.29, 1.82) is 0 Å². The lowest BCUT2D eigenvalue weighted by Crippen LogP contribution is -2.36. The summed E-state index contributed by atoms with van der Waals surface area (Å²) in [5, 5.41) is 19.4. The molecule has 1 rings (SSSR count). The Hall–Kier alpha value is -0.420. The lowest BCUT2D eigenvalue weighted by atomic mass is 9.79. The van der Waals surface area contributed by atoms with Crippen molar-refractivity contribution in [1.82, 2.24) is 0 Å². The molecule has 1 aromatic carbocycles. The van der Waals surface area contributed by atoms with Crippen molar-refractivity contribution in [3.05, 3.63) is 34.3 Å². The molecule has 0 spiro atoms. The molecule has 1 aromatic rings. The second-order valence-corrected chi connectivity index (χ2v) is 6.56. The number of aliphatic hydroxyl groups excluding tert-OH is 2. The first-order valence-electron chi connectivity index (χ1n) is 7.09. The third-order valence-electron chi connectivity index (χ3n) is 3.63. The van der Waals surface area contributed by atoms with Crippen LogP contribution in [0.1, 0.15) is 32.3 Å². The minimum Gasteiger partial charge on any atom is -0.395 e. The van der Waals surface area contributed by atoms with Crippen LogP contribution in [0.3, 0.4) is 0 Å². The largest absolute Gasteiger partial charge is 0.395 e. The van der Waals surface area contributed by atoms with E-state index in [1.165, 1.54) is 0 Å². The summed E-state index contributed by atoms with van der Waals surface area (Å²) in [7, 11) is 0. The number of rotatable bonds is 9. The quantitative estimate of drug-likeness (QED) is 0.676. The summed E-state index contributed by atoms with van der Waals surface area (Å²) in [6, 6.07) is 7.72. The van der Waals surface area contributed by atoms with Gasteiger partial charge in [0.2, 0.25) is 0 Å². The molecule has 0 radical (unpaired) electrons. The maximum atomic E-state index is 9.72. The summed E-state index contributed by atoms with van der Waals surface area (Å²) in [6.07, 6.45) is 1.64. The molecule has 0 amide bonds. The summed E-state index contributed by atoms with van der Waals surface area (Å²) in [5.41, 5.74) is 0.316. The SMILES string of the molecule is CC(C)CCOCCC(CO)(CO)c1ccc(Br)cc1. The normalized spacial score (nSPS) is 12.1. The number of aliphatic hydroxyl groups is 2. The predicted molar refractivity (Wildman–Crippen MR) is 84.9 cm³/mol. The molecular formula is C16H25BrO3. The third-order valence-corrected chi connectivity index (χ3v) is 4.16. The van der Waals surface area contributed by atoms with Crippen molar-refractivity contribution < 1.29 is 14.9 Å². The molecule has 20 heavy (non-hydrogen) atoms. The van der Waals surface area contributed by atoms with E-state index < -0.39 is 5.41 Å². The number of hydrogen-bond donors (Lipinski definition) is 2. The van der Waals surface area contributed by atoms with Gasteiger partial charge in [0.1, 0.15) is 0 Å². The van der Waals surface area contributed by atoms with Crippen LogP contribution >= 0.6 is 15.9 Å². The van der Waals surface area contributed by atoms with Crippen LogP contribution in [0.5, 0.6) is 0 Å². The lowest BCUT2D eigenvalue weighted by molar-refractivity contribution is 0.0591. The zero-order chi connectivity index (χ0) is 15.0. The Morgan fingerprint density at radius 3 is 2.20 bits per heavy atom. The van der Waals surface area contributed by atoms with E-state index >= 15 is 0 Å². The van der Waals surface area contributed by atoms with Gasteiger partial charge in [-0.3, -0.25) is 0 Å². The summed E-state index contributed by atoms with van der Waals surface area (Å²) < 4.78 is 6.60. The number of halogens is 1. The summed E-state index contributed by atoms with van der Waals surface area (Å²) in [5.74, 6) is 0.627. The van der Waals surface area contributed by atoms with E-state index in [9.17, 15) is 10.2 Å². The Kier molecular flexibility index (Phi) is 7.74. The van der Waals surface area contributed by atoms with Gasteiger partial charge in [-0.2, -0.15) is 0 Å². The van der Waals surface area contributed by atoms with Crippen molar-refractivity contribution in [3.63, 3.8) is 0 Å². The van der Waals surface area contributed by atoms with Crippen LogP contribution in [0.2, 0.25) is 0 Å². The van der Waals surface area contributed by atoms with Gasteiger partial charge in [0.15, 0.2) is 0 Å². The van der Waals surface area contributed by atoms with E-state index in [1.54, 1.807) is 0 Å². The maximum absolute atomic E-state index is 9.72. The van der Waals surface area contributed by atoms with Crippen LogP contribution < -0.4 is 0 Å². The highest BCUT2D eigenvalue weighted by atomic mass is 79.9. The highest BCUT2D eigenvalue weighted by molar-refractivity contribution is 9.10. The van der Waals surface area contributed by atoms with Crippen molar-refractivity contribution >= 4 is 15.9 Å². The van der Waals surface area contributed by atoms with Gasteiger partial charge in [-0.15, -0.1) is 0 Å². The predicted octanol–water partition coefficient (Wildman–Crippen LogP) is 3.12. The monoisotopic (exact) mass is 344 g/mol. The van der Waals surface area contributed by atoms with E-state index in [2.05, 4.69) is 29.8 Å². The molecule has 0 aliphatic carbocycles. The van der Waals surface area contributed by atoms with Gasteiger partial charge in [0.25, 0.3) is 0 Å². The maximum Gasteiger partial charge on any atom is 0.0550 e. The highest BCUT2D eigenvalue weighted by Gasteiger charge is 2.30. The molecule has 0 saturated carbocycles. The Balaban J connectivity index is 2.60. The molecule has 4 heteroatoms. The minimum atomic E-state index is -0.626. The van der Waals surface area contributed by atoms with Crippen LogP contribution in [0.15, 0.2) is 28.7 Å². The van der Waals surface area contributed by atoms with Crippen molar-refractivity contribution in [2.24, 2.45) is 5.92 Å². The summed E-state index contributed by atoms with van der Waals surface area (Å²) in [4.78, 5) is 0. The van der Waals surface area contributed by atoms with Crippen molar-refractivity contribution in [3.8, 4) is 0 Å². The second-order valence-electron chi connectivity index (χ2n) is 5.65. The Labute approximate surface area is 130 Å². The molecule has 2 N–H and O–H groups in total. The molecule has 3 nitrogen and oxygen atoms in total. The van der Waals surface area contributed by atoms with Gasteiger partial charge in [-0.25, -0.2) is 0 Å². The molecule has 0 saturated heterocycles. The van der Waals surface area contributed by atoms with E-state index in [0.29, 0.717) is 18.9 Å². The fraction of sp³-hybridized carbons (Fsp3) is 0.625. The third kappa shape index (κ3) is 5.17. The molecular weight excluding hydrogens is 320 g/mol. The standard InChI is InChI=1S/C16H25BrO3/c1-13(2)7-9-20-10-8-16(11-18,12-19)14-3-5-15(17)6-4-14/h3-6,13,18-19H,7-12H2,1-2H3. The fourth-order valence-corrected chi connectivity index (χ4v) is 2.29. The van der Waals surface area contributed by atoms with Crippen LogP contribution in [0, 0.1) is 5.92 Å². The average Bonchev–Trinajstić information content (AvgIpc) is 2.44. The van der Waals surface area contributed by atoms with Gasteiger partial charge in [-0.1, -0.05) is 41.9 Å². The highest BCUT2D eigenvalue weighted by Crippen LogP contribution is 2.28. The lowest BCUT2D eigenvalue weighted by Gasteiger charge is -2.30. The molecule has 114 valence electrons. The summed E-state index contributed by atoms with van der Waals surface area (Å²) >= 11 is 3.39. The summed E-state index contributed by atoms with van der Waals surface area (Å²) in [6.45, 7) is 5.43. The van der Waals surface area contributed by atoms with Gasteiger partial charge >= 0.3 is 0 Å². The van der Waals surface area contributed by atoms with Crippen LogP contribution in [-0.2, 0) is 10.2 Å². The van der Waals surface area contributed by atoms with Gasteiger partial charge in [0.05, 0.1) is 13.2 Å². The molecule has 0 bridgehead atoms. The Morgan fingerprint density at radius 1 is 1.10 bits per heavy atom. The number of hydrogen-bond acceptors (Lipinski definition) is 3. The van der Waals surface area contributed by atoms with E-state index in [-0.39, 0.29) is 13.2 Å². The van der Waals surface area contributed by atoms with Crippen LogP contribution in [-0.4, -0.2) is 36.6 Å². The van der Waals surface area contributed by atoms with Gasteiger partial charge < -0.3 is 14.9 Å².